The molecule has 0 aliphatic carbocycles. The molecular formula is C11H17N3O3. The van der Waals surface area contributed by atoms with E-state index in [0.29, 0.717) is 30.3 Å². The van der Waals surface area contributed by atoms with Crippen molar-refractivity contribution in [2.45, 2.75) is 6.92 Å². The fraction of sp³-hybridized carbons (Fsp3) is 0.455. The van der Waals surface area contributed by atoms with E-state index >= 15 is 0 Å². The van der Waals surface area contributed by atoms with Gasteiger partial charge in [-0.05, 0) is 18.6 Å². The Bertz CT molecular complexity index is 382. The standard InChI is InChI=1S/C11H17N3O3/c1-8-6-10(12-2-4-15)14-11(9(8)7-17)13-3-5-16/h6-7,15-16H,2-5H2,1H3,(H2,12,13,14). The lowest BCUT2D eigenvalue weighted by atomic mass is 10.1. The number of aliphatic hydroxyl groups excluding tert-OH is 2. The van der Waals surface area contributed by atoms with Crippen molar-refractivity contribution in [2.75, 3.05) is 36.9 Å². The summed E-state index contributed by atoms with van der Waals surface area (Å²) in [6, 6.07) is 1.74. The zero-order chi connectivity index (χ0) is 12.7. The van der Waals surface area contributed by atoms with Crippen LogP contribution in [0.5, 0.6) is 0 Å². The van der Waals surface area contributed by atoms with E-state index in [4.69, 9.17) is 10.2 Å². The molecule has 1 aromatic rings. The summed E-state index contributed by atoms with van der Waals surface area (Å²) < 4.78 is 0. The Kier molecular flexibility index (Phi) is 5.38. The highest BCUT2D eigenvalue weighted by Gasteiger charge is 2.08. The van der Waals surface area contributed by atoms with Crippen LogP contribution in [0.15, 0.2) is 6.07 Å². The highest BCUT2D eigenvalue weighted by molar-refractivity contribution is 5.85. The lowest BCUT2D eigenvalue weighted by Gasteiger charge is -2.12. The minimum Gasteiger partial charge on any atom is -0.395 e. The third-order valence-corrected chi connectivity index (χ3v) is 2.21. The summed E-state index contributed by atoms with van der Waals surface area (Å²) >= 11 is 0. The maximum Gasteiger partial charge on any atom is 0.154 e. The van der Waals surface area contributed by atoms with Crippen LogP contribution < -0.4 is 10.6 Å². The summed E-state index contributed by atoms with van der Waals surface area (Å²) in [5.41, 5.74) is 1.27. The number of rotatable bonds is 7. The van der Waals surface area contributed by atoms with Crippen LogP contribution in [0.3, 0.4) is 0 Å². The smallest absolute Gasteiger partial charge is 0.154 e. The van der Waals surface area contributed by atoms with E-state index in [9.17, 15) is 4.79 Å². The maximum absolute atomic E-state index is 10.9. The first-order chi connectivity index (χ1) is 8.22. The van der Waals surface area contributed by atoms with E-state index in [2.05, 4.69) is 15.6 Å². The molecule has 0 bridgehead atoms. The molecule has 0 saturated carbocycles. The first kappa shape index (κ1) is 13.4. The molecule has 94 valence electrons. The molecule has 17 heavy (non-hydrogen) atoms. The number of aromatic nitrogens is 1. The lowest BCUT2D eigenvalue weighted by Crippen LogP contribution is -2.13. The van der Waals surface area contributed by atoms with Crippen LogP contribution in [0, 0.1) is 6.92 Å². The van der Waals surface area contributed by atoms with Crippen molar-refractivity contribution in [1.29, 1.82) is 0 Å². The molecule has 0 aromatic carbocycles. The topological polar surface area (TPSA) is 94.5 Å². The summed E-state index contributed by atoms with van der Waals surface area (Å²) in [6.07, 6.45) is 0.734. The normalized spacial score (nSPS) is 10.1. The lowest BCUT2D eigenvalue weighted by molar-refractivity contribution is 0.112. The maximum atomic E-state index is 10.9. The molecule has 1 aromatic heterocycles. The average Bonchev–Trinajstić information content (AvgIpc) is 2.33. The summed E-state index contributed by atoms with van der Waals surface area (Å²) in [5, 5.41) is 23.3. The van der Waals surface area contributed by atoms with Gasteiger partial charge < -0.3 is 20.8 Å². The van der Waals surface area contributed by atoms with E-state index in [-0.39, 0.29) is 13.2 Å². The number of hydrogen-bond acceptors (Lipinski definition) is 6. The Balaban J connectivity index is 2.96. The predicted octanol–water partition coefficient (Wildman–Crippen LogP) is 0.0109. The summed E-state index contributed by atoms with van der Waals surface area (Å²) in [5.74, 6) is 1.03. The molecule has 1 rings (SSSR count). The number of nitrogens with zero attached hydrogens (tertiary/aromatic N) is 1. The SMILES string of the molecule is Cc1cc(NCCO)nc(NCCO)c1C=O. The van der Waals surface area contributed by atoms with E-state index in [1.165, 1.54) is 0 Å². The Morgan fingerprint density at radius 1 is 1.29 bits per heavy atom. The number of hydrogen-bond donors (Lipinski definition) is 4. The van der Waals surface area contributed by atoms with E-state index < -0.39 is 0 Å². The monoisotopic (exact) mass is 239 g/mol. The molecule has 0 aliphatic rings. The number of nitrogens with one attached hydrogen (secondary N) is 2. The summed E-state index contributed by atoms with van der Waals surface area (Å²) in [7, 11) is 0. The first-order valence-corrected chi connectivity index (χ1v) is 5.39. The summed E-state index contributed by atoms with van der Waals surface area (Å²) in [4.78, 5) is 15.1. The molecular weight excluding hydrogens is 222 g/mol. The molecule has 0 atom stereocenters. The third kappa shape index (κ3) is 3.69. The number of carbonyl (C=O) groups excluding carboxylic acids is 1. The van der Waals surface area contributed by atoms with Crippen molar-refractivity contribution in [2.24, 2.45) is 0 Å². The van der Waals surface area contributed by atoms with Crippen molar-refractivity contribution >= 4 is 17.9 Å². The molecule has 0 amide bonds. The van der Waals surface area contributed by atoms with Gasteiger partial charge in [-0.2, -0.15) is 0 Å². The van der Waals surface area contributed by atoms with Gasteiger partial charge in [0.25, 0.3) is 0 Å². The Morgan fingerprint density at radius 3 is 2.53 bits per heavy atom. The second-order valence-corrected chi connectivity index (χ2v) is 3.51. The fourth-order valence-electron chi connectivity index (χ4n) is 1.41. The minimum absolute atomic E-state index is 0.00949. The molecule has 0 fully saturated rings. The Labute approximate surface area is 99.7 Å². The van der Waals surface area contributed by atoms with Gasteiger partial charge in [-0.3, -0.25) is 4.79 Å². The van der Waals surface area contributed by atoms with Gasteiger partial charge >= 0.3 is 0 Å². The van der Waals surface area contributed by atoms with E-state index in [1.54, 1.807) is 13.0 Å². The van der Waals surface area contributed by atoms with Crippen LogP contribution in [0.1, 0.15) is 15.9 Å². The van der Waals surface area contributed by atoms with Gasteiger partial charge in [-0.25, -0.2) is 4.98 Å². The number of pyridine rings is 1. The molecule has 6 nitrogen and oxygen atoms in total. The van der Waals surface area contributed by atoms with Crippen molar-refractivity contribution < 1.29 is 15.0 Å². The van der Waals surface area contributed by atoms with Crippen molar-refractivity contribution in [3.63, 3.8) is 0 Å². The number of aryl methyl sites for hydroxylation is 1. The van der Waals surface area contributed by atoms with Crippen molar-refractivity contribution in [3.05, 3.63) is 17.2 Å². The number of anilines is 2. The highest BCUT2D eigenvalue weighted by atomic mass is 16.3. The molecule has 0 aliphatic heterocycles. The number of aliphatic hydroxyl groups is 2. The number of carbonyl (C=O) groups is 1. The third-order valence-electron chi connectivity index (χ3n) is 2.21. The zero-order valence-electron chi connectivity index (χ0n) is 9.73. The fourth-order valence-corrected chi connectivity index (χ4v) is 1.41. The van der Waals surface area contributed by atoms with Crippen LogP contribution in [-0.2, 0) is 0 Å². The second kappa shape index (κ2) is 6.82. The van der Waals surface area contributed by atoms with Gasteiger partial charge in [0, 0.05) is 13.1 Å². The van der Waals surface area contributed by atoms with Crippen LogP contribution in [0.25, 0.3) is 0 Å². The van der Waals surface area contributed by atoms with E-state index in [1.807, 2.05) is 0 Å². The quantitative estimate of drug-likeness (QED) is 0.501. The minimum atomic E-state index is -0.0344. The predicted molar refractivity (Wildman–Crippen MR) is 65.5 cm³/mol. The van der Waals surface area contributed by atoms with Gasteiger partial charge in [0.1, 0.15) is 11.6 Å². The Morgan fingerprint density at radius 2 is 1.94 bits per heavy atom. The highest BCUT2D eigenvalue weighted by Crippen LogP contribution is 2.19. The Hall–Kier alpha value is -1.66. The van der Waals surface area contributed by atoms with Gasteiger partial charge in [0.15, 0.2) is 6.29 Å². The zero-order valence-corrected chi connectivity index (χ0v) is 9.73. The average molecular weight is 239 g/mol. The van der Waals surface area contributed by atoms with Gasteiger partial charge in [0.05, 0.1) is 18.8 Å². The number of aldehydes is 1. The van der Waals surface area contributed by atoms with Crippen molar-refractivity contribution in [3.8, 4) is 0 Å². The molecule has 0 unspecified atom stereocenters. The largest absolute Gasteiger partial charge is 0.395 e. The molecule has 1 heterocycles. The van der Waals surface area contributed by atoms with Crippen LogP contribution >= 0.6 is 0 Å². The molecule has 0 spiro atoms. The molecule has 0 saturated heterocycles. The van der Waals surface area contributed by atoms with Gasteiger partial charge in [0.2, 0.25) is 0 Å². The molecule has 0 radical (unpaired) electrons. The van der Waals surface area contributed by atoms with Crippen LogP contribution in [0.4, 0.5) is 11.6 Å². The van der Waals surface area contributed by atoms with E-state index in [0.717, 1.165) is 11.8 Å². The van der Waals surface area contributed by atoms with Gasteiger partial charge in [-0.15, -0.1) is 0 Å². The molecule has 4 N–H and O–H groups in total. The second-order valence-electron chi connectivity index (χ2n) is 3.51. The van der Waals surface area contributed by atoms with Crippen LogP contribution in [0.2, 0.25) is 0 Å². The first-order valence-electron chi connectivity index (χ1n) is 5.39. The summed E-state index contributed by atoms with van der Waals surface area (Å²) in [6.45, 7) is 2.51. The molecule has 6 heteroatoms. The van der Waals surface area contributed by atoms with Gasteiger partial charge in [-0.1, -0.05) is 0 Å². The van der Waals surface area contributed by atoms with Crippen LogP contribution in [-0.4, -0.2) is 47.8 Å². The van der Waals surface area contributed by atoms with Crippen molar-refractivity contribution in [1.82, 2.24) is 4.98 Å².